The fourth-order valence-electron chi connectivity index (χ4n) is 1.99. The molecule has 2 rings (SSSR count). The molecule has 0 unspecified atom stereocenters. The van der Waals surface area contributed by atoms with E-state index in [1.807, 2.05) is 13.0 Å². The topological polar surface area (TPSA) is 63.4 Å². The van der Waals surface area contributed by atoms with Crippen LogP contribution in [0.3, 0.4) is 0 Å². The molecule has 1 aromatic carbocycles. The maximum atomic E-state index is 13.3. The van der Waals surface area contributed by atoms with E-state index in [4.69, 9.17) is 5.73 Å². The smallest absolute Gasteiger partial charge is 0.245 e. The van der Waals surface area contributed by atoms with Crippen molar-refractivity contribution < 1.29 is 12.8 Å². The van der Waals surface area contributed by atoms with E-state index in [0.29, 0.717) is 19.5 Å². The summed E-state index contributed by atoms with van der Waals surface area (Å²) in [5.41, 5.74) is 6.56. The number of nitrogens with two attached hydrogens (primary N) is 1. The predicted octanol–water partition coefficient (Wildman–Crippen LogP) is 2.51. The maximum Gasteiger partial charge on any atom is 0.245 e. The number of nitrogens with zero attached hydrogens (tertiary/aromatic N) is 1. The Morgan fingerprint density at radius 3 is 2.74 bits per heavy atom. The second-order valence-electron chi connectivity index (χ2n) is 4.48. The van der Waals surface area contributed by atoms with Crippen LogP contribution < -0.4 is 5.73 Å². The number of anilines is 1. The van der Waals surface area contributed by atoms with Crippen molar-refractivity contribution in [3.05, 3.63) is 34.1 Å². The number of hydrogen-bond donors (Lipinski definition) is 1. The Hall–Kier alpha value is -0.920. The van der Waals surface area contributed by atoms with Crippen LogP contribution in [0.2, 0.25) is 0 Å². The number of hydrogen-bond acceptors (Lipinski definition) is 3. The fraction of sp³-hybridized carbons (Fsp3) is 0.333. The lowest BCUT2D eigenvalue weighted by atomic mass is 10.2. The van der Waals surface area contributed by atoms with Gasteiger partial charge < -0.3 is 5.73 Å². The lowest BCUT2D eigenvalue weighted by Crippen LogP contribution is -2.35. The zero-order valence-electron chi connectivity index (χ0n) is 10.4. The summed E-state index contributed by atoms with van der Waals surface area (Å²) >= 11 is 2.98. The van der Waals surface area contributed by atoms with Crippen molar-refractivity contribution in [2.24, 2.45) is 0 Å². The van der Waals surface area contributed by atoms with Gasteiger partial charge >= 0.3 is 0 Å². The van der Waals surface area contributed by atoms with Crippen LogP contribution >= 0.6 is 15.9 Å². The average molecular weight is 349 g/mol. The van der Waals surface area contributed by atoms with E-state index in [1.54, 1.807) is 0 Å². The minimum atomic E-state index is -3.69. The summed E-state index contributed by atoms with van der Waals surface area (Å²) in [5, 5.41) is 0. The van der Waals surface area contributed by atoms with Gasteiger partial charge in [0.15, 0.2) is 0 Å². The molecule has 1 aromatic rings. The molecule has 0 aliphatic carbocycles. The minimum absolute atomic E-state index is 0.0597. The molecule has 0 atom stereocenters. The van der Waals surface area contributed by atoms with Crippen LogP contribution in [-0.4, -0.2) is 25.8 Å². The third-order valence-corrected chi connectivity index (χ3v) is 5.48. The van der Waals surface area contributed by atoms with E-state index in [-0.39, 0.29) is 15.1 Å². The summed E-state index contributed by atoms with van der Waals surface area (Å²) < 4.78 is 39.7. The second kappa shape index (κ2) is 5.22. The van der Waals surface area contributed by atoms with Gasteiger partial charge in [0.1, 0.15) is 10.7 Å². The molecule has 1 aliphatic heterocycles. The molecule has 1 heterocycles. The molecule has 0 bridgehead atoms. The summed E-state index contributed by atoms with van der Waals surface area (Å²) in [6.45, 7) is 2.64. The largest absolute Gasteiger partial charge is 0.398 e. The second-order valence-corrected chi connectivity index (χ2v) is 7.24. The zero-order valence-corrected chi connectivity index (χ0v) is 12.8. The molecule has 104 valence electrons. The van der Waals surface area contributed by atoms with Gasteiger partial charge in [-0.3, -0.25) is 0 Å². The first-order chi connectivity index (χ1) is 8.82. The van der Waals surface area contributed by atoms with Crippen molar-refractivity contribution in [3.8, 4) is 0 Å². The van der Waals surface area contributed by atoms with Crippen LogP contribution in [0.1, 0.15) is 13.3 Å². The molecule has 4 nitrogen and oxygen atoms in total. The number of nitrogen functional groups attached to an aromatic ring is 1. The summed E-state index contributed by atoms with van der Waals surface area (Å²) in [7, 11) is -3.69. The molecule has 0 spiro atoms. The molecule has 0 saturated heterocycles. The molecule has 0 saturated carbocycles. The molecule has 0 aromatic heterocycles. The van der Waals surface area contributed by atoms with Gasteiger partial charge in [0, 0.05) is 13.1 Å². The van der Waals surface area contributed by atoms with Gasteiger partial charge in [-0.2, -0.15) is 4.31 Å². The lowest BCUT2D eigenvalue weighted by Gasteiger charge is -2.26. The molecule has 0 radical (unpaired) electrons. The van der Waals surface area contributed by atoms with Gasteiger partial charge in [0.25, 0.3) is 0 Å². The molecule has 1 aliphatic rings. The van der Waals surface area contributed by atoms with E-state index >= 15 is 0 Å². The minimum Gasteiger partial charge on any atom is -0.398 e. The van der Waals surface area contributed by atoms with Crippen LogP contribution in [0.5, 0.6) is 0 Å². The molecular formula is C12H14BrFN2O2S. The molecule has 19 heavy (non-hydrogen) atoms. The highest BCUT2D eigenvalue weighted by Gasteiger charge is 2.28. The first-order valence-electron chi connectivity index (χ1n) is 5.72. The van der Waals surface area contributed by atoms with E-state index < -0.39 is 15.8 Å². The van der Waals surface area contributed by atoms with E-state index in [0.717, 1.165) is 11.6 Å². The summed E-state index contributed by atoms with van der Waals surface area (Å²) in [6, 6.07) is 2.23. The highest BCUT2D eigenvalue weighted by atomic mass is 79.9. The van der Waals surface area contributed by atoms with Crippen molar-refractivity contribution in [1.29, 1.82) is 0 Å². The normalized spacial score (nSPS) is 17.3. The third kappa shape index (κ3) is 2.82. The van der Waals surface area contributed by atoms with Crippen molar-refractivity contribution in [1.82, 2.24) is 4.31 Å². The van der Waals surface area contributed by atoms with Crippen LogP contribution in [0.25, 0.3) is 0 Å². The van der Waals surface area contributed by atoms with Crippen LogP contribution in [-0.2, 0) is 10.0 Å². The summed E-state index contributed by atoms with van der Waals surface area (Å²) in [6.07, 6.45) is 2.68. The van der Waals surface area contributed by atoms with Gasteiger partial charge in [0.2, 0.25) is 10.0 Å². The first-order valence-corrected chi connectivity index (χ1v) is 7.96. The Kier molecular flexibility index (Phi) is 3.98. The Bertz CT molecular complexity index is 643. The van der Waals surface area contributed by atoms with Gasteiger partial charge in [0.05, 0.1) is 10.2 Å². The zero-order chi connectivity index (χ0) is 14.2. The van der Waals surface area contributed by atoms with Crippen molar-refractivity contribution in [2.45, 2.75) is 18.2 Å². The Morgan fingerprint density at radius 2 is 2.11 bits per heavy atom. The Labute approximate surface area is 120 Å². The third-order valence-electron chi connectivity index (χ3n) is 2.97. The van der Waals surface area contributed by atoms with Crippen molar-refractivity contribution >= 4 is 31.6 Å². The Morgan fingerprint density at radius 1 is 1.42 bits per heavy atom. The molecule has 0 amide bonds. The van der Waals surface area contributed by atoms with Crippen LogP contribution in [0.4, 0.5) is 10.1 Å². The van der Waals surface area contributed by atoms with E-state index in [9.17, 15) is 12.8 Å². The molecular weight excluding hydrogens is 335 g/mol. The van der Waals surface area contributed by atoms with E-state index in [1.165, 1.54) is 10.4 Å². The SMILES string of the molecule is CC1=CCCN(S(=O)(=O)c2cc(Br)c(F)cc2N)C1. The molecule has 2 N–H and O–H groups in total. The predicted molar refractivity (Wildman–Crippen MR) is 75.6 cm³/mol. The van der Waals surface area contributed by atoms with Crippen LogP contribution in [0, 0.1) is 5.82 Å². The molecule has 7 heteroatoms. The summed E-state index contributed by atoms with van der Waals surface area (Å²) in [5.74, 6) is -0.578. The highest BCUT2D eigenvalue weighted by molar-refractivity contribution is 9.10. The summed E-state index contributed by atoms with van der Waals surface area (Å²) in [4.78, 5) is -0.0597. The van der Waals surface area contributed by atoms with Crippen molar-refractivity contribution in [2.75, 3.05) is 18.8 Å². The number of rotatable bonds is 2. The average Bonchev–Trinajstić information content (AvgIpc) is 2.33. The van der Waals surface area contributed by atoms with Gasteiger partial charge in [-0.1, -0.05) is 11.6 Å². The highest BCUT2D eigenvalue weighted by Crippen LogP contribution is 2.29. The van der Waals surface area contributed by atoms with Crippen molar-refractivity contribution in [3.63, 3.8) is 0 Å². The monoisotopic (exact) mass is 348 g/mol. The van der Waals surface area contributed by atoms with Crippen LogP contribution in [0.15, 0.2) is 33.2 Å². The first kappa shape index (κ1) is 14.5. The molecule has 0 fully saturated rings. The number of halogens is 2. The quantitative estimate of drug-likeness (QED) is 0.659. The van der Waals surface area contributed by atoms with Gasteiger partial charge in [-0.25, -0.2) is 12.8 Å². The maximum absolute atomic E-state index is 13.3. The van der Waals surface area contributed by atoms with Gasteiger partial charge in [-0.15, -0.1) is 0 Å². The number of sulfonamides is 1. The lowest BCUT2D eigenvalue weighted by molar-refractivity contribution is 0.428. The van der Waals surface area contributed by atoms with E-state index in [2.05, 4.69) is 15.9 Å². The standard InChI is InChI=1S/C12H14BrFN2O2S/c1-8-3-2-4-16(7-8)19(17,18)12-5-9(13)10(14)6-11(12)15/h3,5-6H,2,4,7,15H2,1H3. The van der Waals surface area contributed by atoms with Gasteiger partial charge in [-0.05, 0) is 41.4 Å². The number of benzene rings is 1. The fourth-order valence-corrected chi connectivity index (χ4v) is 4.10. The Balaban J connectivity index is 2.45.